The SMILES string of the molecule is C=C(C=C1/C(=C\C=C/C)Cc2ccc(C)cc21)N=C(N=C(C)c1ccccc1)c1ccccc1. The molecule has 0 fully saturated rings. The molecule has 1 aliphatic carbocycles. The highest BCUT2D eigenvalue weighted by Gasteiger charge is 2.21. The van der Waals surface area contributed by atoms with E-state index < -0.39 is 0 Å². The third kappa shape index (κ3) is 5.47. The van der Waals surface area contributed by atoms with Crippen LogP contribution in [0.3, 0.4) is 0 Å². The van der Waals surface area contributed by atoms with Crippen molar-refractivity contribution in [2.24, 2.45) is 9.98 Å². The largest absolute Gasteiger partial charge is 0.233 e. The van der Waals surface area contributed by atoms with Crippen molar-refractivity contribution in [3.8, 4) is 0 Å². The third-order valence-corrected chi connectivity index (χ3v) is 5.83. The minimum absolute atomic E-state index is 0.658. The molecule has 2 nitrogen and oxygen atoms in total. The predicted molar refractivity (Wildman–Crippen MR) is 147 cm³/mol. The number of aliphatic imine (C=N–C) groups is 2. The molecule has 0 aliphatic heterocycles. The zero-order chi connectivity index (χ0) is 23.9. The number of fused-ring (bicyclic) bond motifs is 1. The molecule has 0 saturated carbocycles. The van der Waals surface area contributed by atoms with Crippen molar-refractivity contribution in [3.05, 3.63) is 149 Å². The molecule has 3 aromatic rings. The first-order valence-electron chi connectivity index (χ1n) is 11.6. The van der Waals surface area contributed by atoms with Crippen molar-refractivity contribution < 1.29 is 0 Å². The molecule has 0 spiro atoms. The summed E-state index contributed by atoms with van der Waals surface area (Å²) in [5.41, 5.74) is 9.94. The fourth-order valence-electron chi connectivity index (χ4n) is 4.08. The van der Waals surface area contributed by atoms with Crippen LogP contribution in [0.5, 0.6) is 0 Å². The summed E-state index contributed by atoms with van der Waals surface area (Å²) in [4.78, 5) is 9.81. The summed E-state index contributed by atoms with van der Waals surface area (Å²) < 4.78 is 0. The summed E-state index contributed by atoms with van der Waals surface area (Å²) in [5.74, 6) is 0.658. The maximum atomic E-state index is 4.91. The molecule has 1 aliphatic rings. The molecule has 0 N–H and O–H groups in total. The molecule has 0 heterocycles. The molecule has 0 atom stereocenters. The van der Waals surface area contributed by atoms with E-state index in [1.165, 1.54) is 27.8 Å². The molecule has 0 amide bonds. The maximum absolute atomic E-state index is 4.91. The Bertz CT molecular complexity index is 1330. The standard InChI is InChI=1S/C32H30N2/c1-5-6-13-28-22-29-19-18-23(2)20-30(29)31(28)21-24(3)33-32(27-16-11-8-12-17-27)34-25(4)26-14-9-7-10-15-26/h5-21H,3,22H2,1-2,4H3/b6-5-,28-13-,31-21?,33-32?,34-25?. The van der Waals surface area contributed by atoms with Crippen molar-refractivity contribution >= 4 is 17.1 Å². The molecule has 0 bridgehead atoms. The Balaban J connectivity index is 1.77. The zero-order valence-corrected chi connectivity index (χ0v) is 20.1. The predicted octanol–water partition coefficient (Wildman–Crippen LogP) is 7.91. The lowest BCUT2D eigenvalue weighted by molar-refractivity contribution is 1.26. The number of aryl methyl sites for hydroxylation is 1. The summed E-state index contributed by atoms with van der Waals surface area (Å²) in [6.45, 7) is 10.5. The van der Waals surface area contributed by atoms with Crippen LogP contribution in [0.25, 0.3) is 5.57 Å². The van der Waals surface area contributed by atoms with Gasteiger partial charge >= 0.3 is 0 Å². The average Bonchev–Trinajstić information content (AvgIpc) is 3.19. The normalized spacial score (nSPS) is 16.4. The fraction of sp³-hybridized carbons (Fsp3) is 0.125. The van der Waals surface area contributed by atoms with Gasteiger partial charge in [0.2, 0.25) is 0 Å². The highest BCUT2D eigenvalue weighted by atomic mass is 14.9. The number of hydrogen-bond acceptors (Lipinski definition) is 1. The number of hydrogen-bond donors (Lipinski definition) is 0. The number of nitrogens with zero attached hydrogens (tertiary/aromatic N) is 2. The smallest absolute Gasteiger partial charge is 0.159 e. The second-order valence-electron chi connectivity index (χ2n) is 8.47. The maximum Gasteiger partial charge on any atom is 0.159 e. The van der Waals surface area contributed by atoms with E-state index >= 15 is 0 Å². The lowest BCUT2D eigenvalue weighted by Gasteiger charge is -2.07. The molecule has 34 heavy (non-hydrogen) atoms. The summed E-state index contributed by atoms with van der Waals surface area (Å²) in [6.07, 6.45) is 9.35. The number of benzene rings is 3. The van der Waals surface area contributed by atoms with E-state index in [1.54, 1.807) is 0 Å². The number of rotatable bonds is 5. The summed E-state index contributed by atoms with van der Waals surface area (Å²) in [5, 5.41) is 0. The molecule has 0 saturated heterocycles. The van der Waals surface area contributed by atoms with Gasteiger partial charge in [0.1, 0.15) is 0 Å². The van der Waals surface area contributed by atoms with Gasteiger partial charge in [-0.15, -0.1) is 0 Å². The Morgan fingerprint density at radius 2 is 1.56 bits per heavy atom. The van der Waals surface area contributed by atoms with E-state index in [0.29, 0.717) is 11.5 Å². The van der Waals surface area contributed by atoms with Crippen molar-refractivity contribution in [3.63, 3.8) is 0 Å². The number of amidine groups is 1. The van der Waals surface area contributed by atoms with Crippen molar-refractivity contribution in [1.82, 2.24) is 0 Å². The molecule has 0 unspecified atom stereocenters. The van der Waals surface area contributed by atoms with Gasteiger partial charge in [0.05, 0.1) is 5.70 Å². The van der Waals surface area contributed by atoms with Gasteiger partial charge in [-0.3, -0.25) is 0 Å². The van der Waals surface area contributed by atoms with Crippen molar-refractivity contribution in [1.29, 1.82) is 0 Å². The lowest BCUT2D eigenvalue weighted by atomic mass is 10.0. The van der Waals surface area contributed by atoms with Gasteiger partial charge in [-0.2, -0.15) is 0 Å². The van der Waals surface area contributed by atoms with Crippen molar-refractivity contribution in [2.75, 3.05) is 0 Å². The average molecular weight is 443 g/mol. The van der Waals surface area contributed by atoms with Crippen LogP contribution in [-0.4, -0.2) is 11.5 Å². The molecular formula is C32H30N2. The van der Waals surface area contributed by atoms with Crippen LogP contribution < -0.4 is 0 Å². The molecule has 0 radical (unpaired) electrons. The van der Waals surface area contributed by atoms with Crippen molar-refractivity contribution in [2.45, 2.75) is 27.2 Å². The van der Waals surface area contributed by atoms with E-state index in [9.17, 15) is 0 Å². The van der Waals surface area contributed by atoms with E-state index in [0.717, 1.165) is 23.3 Å². The first-order chi connectivity index (χ1) is 16.5. The minimum Gasteiger partial charge on any atom is -0.233 e. The Morgan fingerprint density at radius 1 is 0.882 bits per heavy atom. The molecular weight excluding hydrogens is 412 g/mol. The van der Waals surface area contributed by atoms with E-state index in [2.05, 4.69) is 68.1 Å². The van der Waals surface area contributed by atoms with E-state index in [4.69, 9.17) is 9.98 Å². The van der Waals surface area contributed by atoms with Gasteiger partial charge < -0.3 is 0 Å². The van der Waals surface area contributed by atoms with Gasteiger partial charge in [-0.1, -0.05) is 109 Å². The molecule has 2 heteroatoms. The van der Waals surface area contributed by atoms with Gasteiger partial charge in [0.25, 0.3) is 0 Å². The Hall–Kier alpha value is -4.04. The van der Waals surface area contributed by atoms with Crippen LogP contribution in [-0.2, 0) is 6.42 Å². The first kappa shape index (κ1) is 23.1. The summed E-state index contributed by atoms with van der Waals surface area (Å²) >= 11 is 0. The molecule has 4 rings (SSSR count). The highest BCUT2D eigenvalue weighted by molar-refractivity contribution is 6.11. The van der Waals surface area contributed by atoms with Gasteiger partial charge in [-0.25, -0.2) is 9.98 Å². The monoisotopic (exact) mass is 442 g/mol. The minimum atomic E-state index is 0.658. The highest BCUT2D eigenvalue weighted by Crippen LogP contribution is 2.38. The van der Waals surface area contributed by atoms with Crippen LogP contribution in [0.1, 0.15) is 41.7 Å². The van der Waals surface area contributed by atoms with E-state index in [1.807, 2.05) is 62.4 Å². The Morgan fingerprint density at radius 3 is 2.24 bits per heavy atom. The fourth-order valence-corrected chi connectivity index (χ4v) is 4.08. The lowest BCUT2D eigenvalue weighted by Crippen LogP contribution is -2.04. The molecule has 0 aromatic heterocycles. The molecule has 168 valence electrons. The number of allylic oxidation sites excluding steroid dienone is 6. The van der Waals surface area contributed by atoms with Gasteiger partial charge in [-0.05, 0) is 61.1 Å². The third-order valence-electron chi connectivity index (χ3n) is 5.83. The summed E-state index contributed by atoms with van der Waals surface area (Å²) in [6, 6.07) is 26.9. The Labute approximate surface area is 203 Å². The summed E-state index contributed by atoms with van der Waals surface area (Å²) in [7, 11) is 0. The van der Waals surface area contributed by atoms with Crippen LogP contribution in [0.15, 0.2) is 131 Å². The quantitative estimate of drug-likeness (QED) is 0.283. The van der Waals surface area contributed by atoms with E-state index in [-0.39, 0.29) is 0 Å². The zero-order valence-electron chi connectivity index (χ0n) is 20.1. The van der Waals surface area contributed by atoms with Gasteiger partial charge in [0, 0.05) is 11.3 Å². The van der Waals surface area contributed by atoms with Gasteiger partial charge in [0.15, 0.2) is 5.84 Å². The van der Waals surface area contributed by atoms with Crippen LogP contribution >= 0.6 is 0 Å². The van der Waals surface area contributed by atoms with Crippen LogP contribution in [0, 0.1) is 6.92 Å². The Kier molecular flexibility index (Phi) is 7.29. The second kappa shape index (κ2) is 10.7. The van der Waals surface area contributed by atoms with Crippen LogP contribution in [0.4, 0.5) is 0 Å². The molecule has 3 aromatic carbocycles. The second-order valence-corrected chi connectivity index (χ2v) is 8.47. The van der Waals surface area contributed by atoms with Crippen LogP contribution in [0.2, 0.25) is 0 Å². The topological polar surface area (TPSA) is 24.7 Å². The first-order valence-corrected chi connectivity index (χ1v) is 11.6.